The van der Waals surface area contributed by atoms with Crippen molar-refractivity contribution in [2.45, 2.75) is 57.6 Å². The molecule has 1 N–H and O–H groups in total. The molecule has 0 spiro atoms. The summed E-state index contributed by atoms with van der Waals surface area (Å²) in [6, 6.07) is 7.41. The molecule has 1 aliphatic rings. The van der Waals surface area contributed by atoms with E-state index in [9.17, 15) is 4.79 Å². The van der Waals surface area contributed by atoms with E-state index < -0.39 is 11.6 Å². The first kappa shape index (κ1) is 17.9. The summed E-state index contributed by atoms with van der Waals surface area (Å²) >= 11 is 3.38. The second-order valence-electron chi connectivity index (χ2n) is 6.48. The number of halogens is 1. The highest BCUT2D eigenvalue weighted by Crippen LogP contribution is 2.35. The van der Waals surface area contributed by atoms with Gasteiger partial charge in [0.25, 0.3) is 5.91 Å². The van der Waals surface area contributed by atoms with Crippen LogP contribution in [0.5, 0.6) is 5.75 Å². The highest BCUT2D eigenvalue weighted by atomic mass is 79.9. The van der Waals surface area contributed by atoms with Gasteiger partial charge in [0.2, 0.25) is 5.89 Å². The van der Waals surface area contributed by atoms with Gasteiger partial charge in [-0.3, -0.25) is 4.79 Å². The fourth-order valence-corrected chi connectivity index (χ4v) is 3.43. The third-order valence-corrected chi connectivity index (χ3v) is 5.05. The SMILES string of the molecule is Cc1nc(C2(NC(=O)C(C)Oc3ccc(Br)cc3)CCCCC2)no1. The van der Waals surface area contributed by atoms with Crippen molar-refractivity contribution >= 4 is 21.8 Å². The zero-order valence-corrected chi connectivity index (χ0v) is 16.0. The van der Waals surface area contributed by atoms with Crippen LogP contribution in [-0.4, -0.2) is 22.2 Å². The second kappa shape index (κ2) is 7.56. The fourth-order valence-electron chi connectivity index (χ4n) is 3.16. The van der Waals surface area contributed by atoms with Gasteiger partial charge >= 0.3 is 0 Å². The first-order chi connectivity index (χ1) is 12.0. The van der Waals surface area contributed by atoms with E-state index in [2.05, 4.69) is 31.4 Å². The van der Waals surface area contributed by atoms with Gasteiger partial charge in [-0.15, -0.1) is 0 Å². The zero-order valence-electron chi connectivity index (χ0n) is 14.4. The third kappa shape index (κ3) is 4.21. The van der Waals surface area contributed by atoms with Gasteiger partial charge in [0.05, 0.1) is 0 Å². The summed E-state index contributed by atoms with van der Waals surface area (Å²) in [5, 5.41) is 7.21. The van der Waals surface area contributed by atoms with E-state index in [1.165, 1.54) is 0 Å². The molecule has 0 saturated heterocycles. The summed E-state index contributed by atoms with van der Waals surface area (Å²) in [5.74, 6) is 1.55. The summed E-state index contributed by atoms with van der Waals surface area (Å²) in [6.45, 7) is 3.50. The number of aromatic nitrogens is 2. The summed E-state index contributed by atoms with van der Waals surface area (Å²) in [4.78, 5) is 17.1. The number of benzene rings is 1. The van der Waals surface area contributed by atoms with E-state index in [-0.39, 0.29) is 5.91 Å². The molecule has 134 valence electrons. The predicted molar refractivity (Wildman–Crippen MR) is 96.2 cm³/mol. The molecule has 3 rings (SSSR count). The van der Waals surface area contributed by atoms with Crippen LogP contribution in [0.15, 0.2) is 33.3 Å². The number of nitrogens with zero attached hydrogens (tertiary/aromatic N) is 2. The number of ether oxygens (including phenoxy) is 1. The summed E-state index contributed by atoms with van der Waals surface area (Å²) < 4.78 is 11.9. The number of aryl methyl sites for hydroxylation is 1. The van der Waals surface area contributed by atoms with Crippen LogP contribution in [0.25, 0.3) is 0 Å². The van der Waals surface area contributed by atoms with E-state index in [4.69, 9.17) is 9.26 Å². The topological polar surface area (TPSA) is 77.2 Å². The number of amides is 1. The molecule has 1 heterocycles. The Morgan fingerprint density at radius 1 is 1.28 bits per heavy atom. The lowest BCUT2D eigenvalue weighted by Crippen LogP contribution is -2.51. The molecule has 6 nitrogen and oxygen atoms in total. The number of nitrogens with one attached hydrogen (secondary N) is 1. The van der Waals surface area contributed by atoms with Crippen molar-refractivity contribution in [2.75, 3.05) is 0 Å². The fraction of sp³-hybridized carbons (Fsp3) is 0.500. The minimum Gasteiger partial charge on any atom is -0.481 e. The molecule has 1 fully saturated rings. The molecule has 1 aliphatic carbocycles. The van der Waals surface area contributed by atoms with E-state index in [1.807, 2.05) is 24.3 Å². The summed E-state index contributed by atoms with van der Waals surface area (Å²) in [6.07, 6.45) is 4.20. The zero-order chi connectivity index (χ0) is 17.9. The molecule has 25 heavy (non-hydrogen) atoms. The standard InChI is InChI=1S/C18H22BrN3O3/c1-12(24-15-8-6-14(19)7-9-15)16(23)21-18(10-4-3-5-11-18)17-20-13(2)25-22-17/h6-9,12H,3-5,10-11H2,1-2H3,(H,21,23). The molecular formula is C18H22BrN3O3. The molecule has 0 bridgehead atoms. The molecule has 1 amide bonds. The number of rotatable bonds is 5. The van der Waals surface area contributed by atoms with Crippen molar-refractivity contribution in [3.8, 4) is 5.75 Å². The molecule has 0 aliphatic heterocycles. The molecule has 1 saturated carbocycles. The Bertz CT molecular complexity index is 723. The van der Waals surface area contributed by atoms with Gasteiger partial charge in [0.1, 0.15) is 11.3 Å². The molecular weight excluding hydrogens is 386 g/mol. The van der Waals surface area contributed by atoms with Crippen molar-refractivity contribution < 1.29 is 14.1 Å². The smallest absolute Gasteiger partial charge is 0.261 e. The second-order valence-corrected chi connectivity index (χ2v) is 7.40. The number of carbonyl (C=O) groups excluding carboxylic acids is 1. The maximum Gasteiger partial charge on any atom is 0.261 e. The van der Waals surface area contributed by atoms with Gasteiger partial charge in [-0.05, 0) is 44.0 Å². The van der Waals surface area contributed by atoms with Gasteiger partial charge in [-0.1, -0.05) is 40.3 Å². The first-order valence-corrected chi connectivity index (χ1v) is 9.33. The van der Waals surface area contributed by atoms with Gasteiger partial charge in [0, 0.05) is 11.4 Å². The minimum atomic E-state index is -0.618. The number of hydrogen-bond acceptors (Lipinski definition) is 5. The van der Waals surface area contributed by atoms with E-state index in [0.29, 0.717) is 17.5 Å². The van der Waals surface area contributed by atoms with Crippen LogP contribution in [0.1, 0.15) is 50.7 Å². The van der Waals surface area contributed by atoms with Gasteiger partial charge in [-0.25, -0.2) is 0 Å². The molecule has 2 aromatic rings. The van der Waals surface area contributed by atoms with Crippen LogP contribution >= 0.6 is 15.9 Å². The quantitative estimate of drug-likeness (QED) is 0.813. The maximum absolute atomic E-state index is 12.7. The third-order valence-electron chi connectivity index (χ3n) is 4.52. The van der Waals surface area contributed by atoms with Crippen molar-refractivity contribution in [1.82, 2.24) is 15.5 Å². The van der Waals surface area contributed by atoms with E-state index >= 15 is 0 Å². The van der Waals surface area contributed by atoms with E-state index in [1.54, 1.807) is 13.8 Å². The molecule has 1 aromatic carbocycles. The molecule has 1 unspecified atom stereocenters. The minimum absolute atomic E-state index is 0.174. The van der Waals surface area contributed by atoms with Gasteiger partial charge in [0.15, 0.2) is 11.9 Å². The Morgan fingerprint density at radius 3 is 2.56 bits per heavy atom. The van der Waals surface area contributed by atoms with Crippen LogP contribution < -0.4 is 10.1 Å². The summed E-state index contributed by atoms with van der Waals surface area (Å²) in [7, 11) is 0. The molecule has 0 radical (unpaired) electrons. The van der Waals surface area contributed by atoms with Crippen LogP contribution in [0.3, 0.4) is 0 Å². The Labute approximate surface area is 155 Å². The highest BCUT2D eigenvalue weighted by Gasteiger charge is 2.40. The van der Waals surface area contributed by atoms with Crippen molar-refractivity contribution in [1.29, 1.82) is 0 Å². The number of carbonyl (C=O) groups is 1. The van der Waals surface area contributed by atoms with Gasteiger partial charge < -0.3 is 14.6 Å². The molecule has 7 heteroatoms. The van der Waals surface area contributed by atoms with Crippen LogP contribution in [0.4, 0.5) is 0 Å². The molecule has 1 atom stereocenters. The lowest BCUT2D eigenvalue weighted by molar-refractivity contribution is -0.130. The first-order valence-electron chi connectivity index (χ1n) is 8.53. The maximum atomic E-state index is 12.7. The van der Waals surface area contributed by atoms with E-state index in [0.717, 1.165) is 36.6 Å². The Kier molecular flexibility index (Phi) is 5.42. The Morgan fingerprint density at radius 2 is 1.96 bits per heavy atom. The highest BCUT2D eigenvalue weighted by molar-refractivity contribution is 9.10. The lowest BCUT2D eigenvalue weighted by atomic mass is 9.81. The number of hydrogen-bond donors (Lipinski definition) is 1. The Hall–Kier alpha value is -1.89. The molecule has 1 aromatic heterocycles. The predicted octanol–water partition coefficient (Wildman–Crippen LogP) is 3.88. The largest absolute Gasteiger partial charge is 0.481 e. The van der Waals surface area contributed by atoms with Crippen LogP contribution in [0, 0.1) is 6.92 Å². The van der Waals surface area contributed by atoms with Crippen molar-refractivity contribution in [3.05, 3.63) is 40.5 Å². The van der Waals surface area contributed by atoms with Crippen molar-refractivity contribution in [3.63, 3.8) is 0 Å². The summed E-state index contributed by atoms with van der Waals surface area (Å²) in [5.41, 5.74) is -0.565. The van der Waals surface area contributed by atoms with Crippen molar-refractivity contribution in [2.24, 2.45) is 0 Å². The Balaban J connectivity index is 1.72. The average molecular weight is 408 g/mol. The van der Waals surface area contributed by atoms with Crippen LogP contribution in [-0.2, 0) is 10.3 Å². The average Bonchev–Trinajstić information content (AvgIpc) is 3.05. The van der Waals surface area contributed by atoms with Crippen LogP contribution in [0.2, 0.25) is 0 Å². The van der Waals surface area contributed by atoms with Gasteiger partial charge in [-0.2, -0.15) is 4.98 Å². The normalized spacial score (nSPS) is 17.7. The lowest BCUT2D eigenvalue weighted by Gasteiger charge is -2.36. The monoisotopic (exact) mass is 407 g/mol.